The molecule has 1 N–H and O–H groups in total. The van der Waals surface area contributed by atoms with E-state index in [0.717, 1.165) is 4.90 Å². The molecule has 6 nitrogen and oxygen atoms in total. The fourth-order valence-corrected chi connectivity index (χ4v) is 5.45. The number of benzene rings is 1. The van der Waals surface area contributed by atoms with Gasteiger partial charge in [0.05, 0.1) is 17.3 Å². The highest BCUT2D eigenvalue weighted by Gasteiger charge is 2.34. The average molecular weight is 399 g/mol. The van der Waals surface area contributed by atoms with Gasteiger partial charge in [0.2, 0.25) is 11.8 Å². The van der Waals surface area contributed by atoms with Crippen LogP contribution in [-0.2, 0) is 19.4 Å². The number of thioether (sulfide) groups is 1. The summed E-state index contributed by atoms with van der Waals surface area (Å²) in [5.74, 6) is 0.624. The standard InChI is InChI=1S/C18H26N2O4S2/c1-13(2)10-20(16-8-9-26(23,24)12-16)18(22)11-25-17-6-4-15(5-7-17)19-14(3)21/h4-7,13,16H,8-12H2,1-3H3,(H,19,21)/t16-/m1/s1. The van der Waals surface area contributed by atoms with E-state index in [4.69, 9.17) is 0 Å². The van der Waals surface area contributed by atoms with Crippen LogP contribution in [0.25, 0.3) is 0 Å². The van der Waals surface area contributed by atoms with Crippen LogP contribution in [0.15, 0.2) is 29.2 Å². The lowest BCUT2D eigenvalue weighted by Gasteiger charge is -2.30. The molecule has 1 aliphatic heterocycles. The van der Waals surface area contributed by atoms with Crippen LogP contribution in [0.1, 0.15) is 27.2 Å². The summed E-state index contributed by atoms with van der Waals surface area (Å²) in [5, 5.41) is 2.70. The van der Waals surface area contributed by atoms with Gasteiger partial charge >= 0.3 is 0 Å². The first-order valence-corrected chi connectivity index (χ1v) is 11.5. The molecule has 1 atom stereocenters. The van der Waals surface area contributed by atoms with Crippen LogP contribution in [0.2, 0.25) is 0 Å². The second-order valence-electron chi connectivity index (χ2n) is 6.99. The zero-order valence-corrected chi connectivity index (χ0v) is 17.0. The highest BCUT2D eigenvalue weighted by molar-refractivity contribution is 8.00. The molecule has 1 heterocycles. The van der Waals surface area contributed by atoms with Gasteiger partial charge in [-0.1, -0.05) is 13.8 Å². The first-order valence-electron chi connectivity index (χ1n) is 8.66. The Kier molecular flexibility index (Phi) is 7.11. The van der Waals surface area contributed by atoms with E-state index in [1.165, 1.54) is 18.7 Å². The van der Waals surface area contributed by atoms with Crippen molar-refractivity contribution in [3.05, 3.63) is 24.3 Å². The van der Waals surface area contributed by atoms with Crippen LogP contribution >= 0.6 is 11.8 Å². The van der Waals surface area contributed by atoms with Crippen LogP contribution in [0, 0.1) is 5.92 Å². The predicted molar refractivity (Wildman–Crippen MR) is 105 cm³/mol. The Labute approximate surface area is 159 Å². The van der Waals surface area contributed by atoms with Crippen molar-refractivity contribution in [2.75, 3.05) is 29.1 Å². The highest BCUT2D eigenvalue weighted by atomic mass is 32.2. The Morgan fingerprint density at radius 3 is 2.42 bits per heavy atom. The highest BCUT2D eigenvalue weighted by Crippen LogP contribution is 2.24. The van der Waals surface area contributed by atoms with Crippen molar-refractivity contribution in [3.8, 4) is 0 Å². The molecule has 1 saturated heterocycles. The Balaban J connectivity index is 1.97. The first kappa shape index (κ1) is 20.8. The molecule has 0 saturated carbocycles. The number of carbonyl (C=O) groups excluding carboxylic acids is 2. The molecule has 8 heteroatoms. The second kappa shape index (κ2) is 8.90. The number of amides is 2. The van der Waals surface area contributed by atoms with E-state index in [9.17, 15) is 18.0 Å². The summed E-state index contributed by atoms with van der Waals surface area (Å²) >= 11 is 1.42. The van der Waals surface area contributed by atoms with Crippen LogP contribution in [0.4, 0.5) is 5.69 Å². The maximum absolute atomic E-state index is 12.7. The summed E-state index contributed by atoms with van der Waals surface area (Å²) in [5.41, 5.74) is 0.714. The normalized spacial score (nSPS) is 18.7. The summed E-state index contributed by atoms with van der Waals surface area (Å²) in [6.45, 7) is 6.07. The summed E-state index contributed by atoms with van der Waals surface area (Å²) < 4.78 is 23.5. The van der Waals surface area contributed by atoms with E-state index in [1.807, 2.05) is 26.0 Å². The lowest BCUT2D eigenvalue weighted by Crippen LogP contribution is -2.44. The monoisotopic (exact) mass is 398 g/mol. The summed E-state index contributed by atoms with van der Waals surface area (Å²) in [6.07, 6.45) is 0.525. The van der Waals surface area contributed by atoms with Crippen molar-refractivity contribution in [1.29, 1.82) is 0 Å². The number of rotatable bonds is 7. The van der Waals surface area contributed by atoms with E-state index >= 15 is 0 Å². The quantitative estimate of drug-likeness (QED) is 0.713. The molecule has 26 heavy (non-hydrogen) atoms. The molecule has 0 radical (unpaired) electrons. The van der Waals surface area contributed by atoms with Crippen LogP contribution < -0.4 is 5.32 Å². The number of nitrogens with one attached hydrogen (secondary N) is 1. The fraction of sp³-hybridized carbons (Fsp3) is 0.556. The number of carbonyl (C=O) groups is 2. The first-order chi connectivity index (χ1) is 12.2. The van der Waals surface area contributed by atoms with E-state index in [0.29, 0.717) is 18.7 Å². The van der Waals surface area contributed by atoms with Gasteiger partial charge in [-0.15, -0.1) is 11.8 Å². The minimum Gasteiger partial charge on any atom is -0.338 e. The van der Waals surface area contributed by atoms with Gasteiger partial charge in [0.25, 0.3) is 0 Å². The van der Waals surface area contributed by atoms with Gasteiger partial charge in [0.15, 0.2) is 9.84 Å². The van der Waals surface area contributed by atoms with Gasteiger partial charge in [0, 0.05) is 30.1 Å². The largest absolute Gasteiger partial charge is 0.338 e. The number of hydrogen-bond acceptors (Lipinski definition) is 5. The number of anilines is 1. The molecule has 1 aromatic rings. The summed E-state index contributed by atoms with van der Waals surface area (Å²) in [6, 6.07) is 7.09. The van der Waals surface area contributed by atoms with E-state index in [2.05, 4.69) is 5.32 Å². The molecule has 0 bridgehead atoms. The molecule has 2 amide bonds. The van der Waals surface area contributed by atoms with Gasteiger partial charge in [-0.05, 0) is 36.6 Å². The zero-order valence-electron chi connectivity index (χ0n) is 15.4. The molecule has 1 aromatic carbocycles. The van der Waals surface area contributed by atoms with E-state index in [1.54, 1.807) is 17.0 Å². The lowest BCUT2D eigenvalue weighted by molar-refractivity contribution is -0.130. The Morgan fingerprint density at radius 1 is 1.27 bits per heavy atom. The number of sulfone groups is 1. The Bertz CT molecular complexity index is 745. The Morgan fingerprint density at radius 2 is 1.92 bits per heavy atom. The Hall–Kier alpha value is -1.54. The summed E-state index contributed by atoms with van der Waals surface area (Å²) in [7, 11) is -3.03. The zero-order chi connectivity index (χ0) is 19.3. The van der Waals surface area contributed by atoms with Crippen LogP contribution in [0.5, 0.6) is 0 Å². The van der Waals surface area contributed by atoms with Crippen LogP contribution in [0.3, 0.4) is 0 Å². The van der Waals surface area contributed by atoms with Gasteiger partial charge < -0.3 is 10.2 Å². The van der Waals surface area contributed by atoms with Gasteiger partial charge in [-0.25, -0.2) is 8.42 Å². The van der Waals surface area contributed by atoms with Crippen molar-refractivity contribution in [3.63, 3.8) is 0 Å². The molecular weight excluding hydrogens is 372 g/mol. The maximum Gasteiger partial charge on any atom is 0.233 e. The van der Waals surface area contributed by atoms with Gasteiger partial charge in [-0.3, -0.25) is 9.59 Å². The van der Waals surface area contributed by atoms with Crippen molar-refractivity contribution < 1.29 is 18.0 Å². The van der Waals surface area contributed by atoms with Crippen LogP contribution in [-0.4, -0.2) is 55.0 Å². The third-order valence-corrected chi connectivity index (χ3v) is 6.82. The lowest BCUT2D eigenvalue weighted by atomic mass is 10.1. The fourth-order valence-electron chi connectivity index (χ4n) is 2.93. The topological polar surface area (TPSA) is 83.6 Å². The molecule has 1 aliphatic rings. The molecule has 144 valence electrons. The second-order valence-corrected chi connectivity index (χ2v) is 10.3. The molecule has 0 aliphatic carbocycles. The van der Waals surface area contributed by atoms with Crippen molar-refractivity contribution in [2.45, 2.75) is 38.1 Å². The summed E-state index contributed by atoms with van der Waals surface area (Å²) in [4.78, 5) is 26.4. The number of hydrogen-bond donors (Lipinski definition) is 1. The molecule has 0 aromatic heterocycles. The minimum atomic E-state index is -3.03. The smallest absolute Gasteiger partial charge is 0.233 e. The molecular formula is C18H26N2O4S2. The number of nitrogens with zero attached hydrogens (tertiary/aromatic N) is 1. The van der Waals surface area contributed by atoms with E-state index < -0.39 is 9.84 Å². The molecule has 0 spiro atoms. The van der Waals surface area contributed by atoms with Gasteiger partial charge in [0.1, 0.15) is 0 Å². The van der Waals surface area contributed by atoms with E-state index in [-0.39, 0.29) is 41.0 Å². The van der Waals surface area contributed by atoms with Gasteiger partial charge in [-0.2, -0.15) is 0 Å². The van der Waals surface area contributed by atoms with Crippen molar-refractivity contribution in [1.82, 2.24) is 4.90 Å². The van der Waals surface area contributed by atoms with Crippen molar-refractivity contribution >= 4 is 39.1 Å². The SMILES string of the molecule is CC(=O)Nc1ccc(SCC(=O)N(CC(C)C)[C@@H]2CCS(=O)(=O)C2)cc1. The molecule has 2 rings (SSSR count). The molecule has 0 unspecified atom stereocenters. The third kappa shape index (κ3) is 6.32. The maximum atomic E-state index is 12.7. The molecule has 1 fully saturated rings. The third-order valence-electron chi connectivity index (χ3n) is 4.07. The minimum absolute atomic E-state index is 0.0308. The van der Waals surface area contributed by atoms with Crippen molar-refractivity contribution in [2.24, 2.45) is 5.92 Å². The average Bonchev–Trinajstić information content (AvgIpc) is 2.90. The predicted octanol–water partition coefficient (Wildman–Crippen LogP) is 2.41.